The summed E-state index contributed by atoms with van der Waals surface area (Å²) in [7, 11) is 0. The van der Waals surface area contributed by atoms with E-state index in [2.05, 4.69) is 26.1 Å². The molecule has 1 heterocycles. The Kier molecular flexibility index (Phi) is 1.82. The van der Waals surface area contributed by atoms with Gasteiger partial charge in [-0.2, -0.15) is 0 Å². The molecule has 1 N–H and O–H groups in total. The molecule has 2 atom stereocenters. The maximum atomic E-state index is 10.8. The van der Waals surface area contributed by atoms with Crippen LogP contribution in [0.15, 0.2) is 0 Å². The highest BCUT2D eigenvalue weighted by Gasteiger charge is 2.38. The molecule has 64 valence electrons. The first-order valence-corrected chi connectivity index (χ1v) is 3.88. The van der Waals surface area contributed by atoms with Gasteiger partial charge in [-0.25, -0.2) is 4.79 Å². The highest BCUT2D eigenvalue weighted by molar-refractivity contribution is 5.70. The minimum atomic E-state index is -0.294. The number of alkyl carbamates (subject to hydrolysis) is 1. The number of hydrogen-bond acceptors (Lipinski definition) is 2. The Hall–Kier alpha value is -0.730. The van der Waals surface area contributed by atoms with Gasteiger partial charge < -0.3 is 10.1 Å². The van der Waals surface area contributed by atoms with Crippen LogP contribution >= 0.6 is 0 Å². The third-order valence-corrected chi connectivity index (χ3v) is 1.89. The first kappa shape index (κ1) is 8.37. The predicted molar refractivity (Wildman–Crippen MR) is 42.3 cm³/mol. The van der Waals surface area contributed by atoms with E-state index in [4.69, 9.17) is 4.74 Å². The van der Waals surface area contributed by atoms with Gasteiger partial charge >= 0.3 is 6.09 Å². The number of cyclic esters (lactones) is 1. The SMILES string of the molecule is C[C@@H]1NC(=O)O[C@H]1C(C)(C)C. The minimum Gasteiger partial charge on any atom is -0.444 e. The predicted octanol–water partition coefficient (Wildman–Crippen LogP) is 1.53. The van der Waals surface area contributed by atoms with Crippen molar-refractivity contribution in [2.75, 3.05) is 0 Å². The van der Waals surface area contributed by atoms with Gasteiger partial charge in [0.25, 0.3) is 0 Å². The third kappa shape index (κ3) is 1.64. The minimum absolute atomic E-state index is 0.00463. The number of carbonyl (C=O) groups is 1. The zero-order valence-corrected chi connectivity index (χ0v) is 7.47. The first-order chi connectivity index (χ1) is 4.91. The fourth-order valence-corrected chi connectivity index (χ4v) is 1.44. The molecule has 0 spiro atoms. The average molecular weight is 157 g/mol. The van der Waals surface area contributed by atoms with E-state index < -0.39 is 0 Å². The van der Waals surface area contributed by atoms with Crippen LogP contribution in [0.3, 0.4) is 0 Å². The zero-order valence-electron chi connectivity index (χ0n) is 7.47. The topological polar surface area (TPSA) is 38.3 Å². The summed E-state index contributed by atoms with van der Waals surface area (Å²) in [5.74, 6) is 0. The molecule has 1 fully saturated rings. The van der Waals surface area contributed by atoms with Gasteiger partial charge in [-0.1, -0.05) is 20.8 Å². The molecule has 1 amide bonds. The van der Waals surface area contributed by atoms with Crippen molar-refractivity contribution in [2.24, 2.45) is 5.41 Å². The average Bonchev–Trinajstić information content (AvgIpc) is 2.08. The Bertz CT molecular complexity index is 171. The van der Waals surface area contributed by atoms with Crippen molar-refractivity contribution < 1.29 is 9.53 Å². The van der Waals surface area contributed by atoms with E-state index in [1.54, 1.807) is 0 Å². The van der Waals surface area contributed by atoms with E-state index in [-0.39, 0.29) is 23.7 Å². The molecular formula is C8H15NO2. The molecule has 0 aromatic rings. The Morgan fingerprint density at radius 3 is 2.18 bits per heavy atom. The molecule has 1 aliphatic heterocycles. The van der Waals surface area contributed by atoms with Crippen molar-refractivity contribution in [3.05, 3.63) is 0 Å². The molecule has 0 aromatic carbocycles. The molecule has 0 bridgehead atoms. The maximum Gasteiger partial charge on any atom is 0.407 e. The van der Waals surface area contributed by atoms with Crippen molar-refractivity contribution in [3.8, 4) is 0 Å². The summed E-state index contributed by atoms with van der Waals surface area (Å²) in [6.45, 7) is 8.15. The van der Waals surface area contributed by atoms with Crippen LogP contribution in [-0.4, -0.2) is 18.2 Å². The number of rotatable bonds is 0. The molecule has 0 radical (unpaired) electrons. The lowest BCUT2D eigenvalue weighted by molar-refractivity contribution is 0.0590. The van der Waals surface area contributed by atoms with Gasteiger partial charge in [0.2, 0.25) is 0 Å². The summed E-state index contributed by atoms with van der Waals surface area (Å²) >= 11 is 0. The fourth-order valence-electron chi connectivity index (χ4n) is 1.44. The van der Waals surface area contributed by atoms with E-state index in [0.29, 0.717) is 0 Å². The second kappa shape index (κ2) is 2.40. The van der Waals surface area contributed by atoms with Crippen LogP contribution < -0.4 is 5.32 Å². The van der Waals surface area contributed by atoms with Gasteiger partial charge in [0.1, 0.15) is 6.10 Å². The Morgan fingerprint density at radius 2 is 2.00 bits per heavy atom. The van der Waals surface area contributed by atoms with Gasteiger partial charge in [-0.15, -0.1) is 0 Å². The van der Waals surface area contributed by atoms with E-state index in [1.165, 1.54) is 0 Å². The fraction of sp³-hybridized carbons (Fsp3) is 0.875. The number of amides is 1. The summed E-state index contributed by atoms with van der Waals surface area (Å²) < 4.78 is 5.09. The number of nitrogens with one attached hydrogen (secondary N) is 1. The second-order valence-electron chi connectivity index (χ2n) is 4.12. The molecule has 11 heavy (non-hydrogen) atoms. The van der Waals surface area contributed by atoms with Crippen molar-refractivity contribution >= 4 is 6.09 Å². The molecule has 1 rings (SSSR count). The Labute approximate surface area is 67.1 Å². The molecule has 1 saturated heterocycles. The van der Waals surface area contributed by atoms with Crippen LogP contribution in [0.25, 0.3) is 0 Å². The lowest BCUT2D eigenvalue weighted by Crippen LogP contribution is -2.37. The summed E-state index contributed by atoms with van der Waals surface area (Å²) in [6, 6.07) is 0.127. The van der Waals surface area contributed by atoms with Crippen LogP contribution in [0.4, 0.5) is 4.79 Å². The quantitative estimate of drug-likeness (QED) is 0.579. The Balaban J connectivity index is 2.67. The summed E-state index contributed by atoms with van der Waals surface area (Å²) in [4.78, 5) is 10.8. The lowest BCUT2D eigenvalue weighted by atomic mass is 9.86. The largest absolute Gasteiger partial charge is 0.444 e. The van der Waals surface area contributed by atoms with E-state index in [0.717, 1.165) is 0 Å². The number of carbonyl (C=O) groups excluding carboxylic acids is 1. The van der Waals surface area contributed by atoms with Gasteiger partial charge in [0.05, 0.1) is 6.04 Å². The van der Waals surface area contributed by atoms with Crippen molar-refractivity contribution in [3.63, 3.8) is 0 Å². The standard InChI is InChI=1S/C8H15NO2/c1-5-6(8(2,3)4)11-7(10)9-5/h5-6H,1-4H3,(H,9,10)/t5-,6+/m0/s1. The number of hydrogen-bond donors (Lipinski definition) is 1. The van der Waals surface area contributed by atoms with Crippen LogP contribution in [0.2, 0.25) is 0 Å². The van der Waals surface area contributed by atoms with Gasteiger partial charge in [0.15, 0.2) is 0 Å². The molecule has 0 saturated carbocycles. The molecule has 1 aliphatic rings. The monoisotopic (exact) mass is 157 g/mol. The molecule has 0 aliphatic carbocycles. The zero-order chi connectivity index (χ0) is 8.65. The third-order valence-electron chi connectivity index (χ3n) is 1.89. The summed E-state index contributed by atoms with van der Waals surface area (Å²) in [6.07, 6.45) is -0.299. The van der Waals surface area contributed by atoms with Crippen molar-refractivity contribution in [2.45, 2.75) is 39.8 Å². The lowest BCUT2D eigenvalue weighted by Gasteiger charge is -2.27. The van der Waals surface area contributed by atoms with Gasteiger partial charge in [-0.3, -0.25) is 0 Å². The number of ether oxygens (including phenoxy) is 1. The normalized spacial score (nSPS) is 31.5. The van der Waals surface area contributed by atoms with E-state index in [9.17, 15) is 4.79 Å². The van der Waals surface area contributed by atoms with Crippen LogP contribution in [0, 0.1) is 5.41 Å². The smallest absolute Gasteiger partial charge is 0.407 e. The highest BCUT2D eigenvalue weighted by atomic mass is 16.6. The van der Waals surface area contributed by atoms with Crippen molar-refractivity contribution in [1.29, 1.82) is 0 Å². The second-order valence-corrected chi connectivity index (χ2v) is 4.12. The molecule has 3 heteroatoms. The highest BCUT2D eigenvalue weighted by Crippen LogP contribution is 2.27. The summed E-state index contributed by atoms with van der Waals surface area (Å²) in [5.41, 5.74) is 0.0264. The van der Waals surface area contributed by atoms with Gasteiger partial charge in [0, 0.05) is 5.41 Å². The maximum absolute atomic E-state index is 10.8. The molecular weight excluding hydrogens is 142 g/mol. The molecule has 0 unspecified atom stereocenters. The molecule has 0 aromatic heterocycles. The van der Waals surface area contributed by atoms with Crippen LogP contribution in [0.5, 0.6) is 0 Å². The van der Waals surface area contributed by atoms with Crippen LogP contribution in [0.1, 0.15) is 27.7 Å². The van der Waals surface area contributed by atoms with Crippen LogP contribution in [-0.2, 0) is 4.74 Å². The van der Waals surface area contributed by atoms with E-state index >= 15 is 0 Å². The Morgan fingerprint density at radius 1 is 1.45 bits per heavy atom. The van der Waals surface area contributed by atoms with Gasteiger partial charge in [-0.05, 0) is 6.92 Å². The van der Waals surface area contributed by atoms with E-state index in [1.807, 2.05) is 6.92 Å². The van der Waals surface area contributed by atoms with Crippen molar-refractivity contribution in [1.82, 2.24) is 5.32 Å². The first-order valence-electron chi connectivity index (χ1n) is 3.88. The molecule has 3 nitrogen and oxygen atoms in total. The summed E-state index contributed by atoms with van der Waals surface area (Å²) in [5, 5.41) is 2.71.